The second kappa shape index (κ2) is 22.5. The maximum atomic E-state index is 10.7. The molecule has 5 nitrogen and oxygen atoms in total. The van der Waals surface area contributed by atoms with Gasteiger partial charge in [-0.2, -0.15) is 0 Å². The summed E-state index contributed by atoms with van der Waals surface area (Å²) in [6.45, 7) is 0. The van der Waals surface area contributed by atoms with Gasteiger partial charge in [0.15, 0.2) is 29.4 Å². The van der Waals surface area contributed by atoms with E-state index in [4.69, 9.17) is 5.11 Å². The van der Waals surface area contributed by atoms with Crippen molar-refractivity contribution >= 4 is 33.7 Å². The lowest BCUT2D eigenvalue weighted by Gasteiger charge is -2.07. The first-order chi connectivity index (χ1) is 27.9. The minimum atomic E-state index is -1.18. The smallest absolute Gasteiger partial charge is 0.335 e. The summed E-state index contributed by atoms with van der Waals surface area (Å²) in [5, 5.41) is 29.1. The van der Waals surface area contributed by atoms with E-state index < -0.39 is 17.7 Å². The molecule has 8 aromatic carbocycles. The fourth-order valence-corrected chi connectivity index (χ4v) is 9.58. The molecule has 0 amide bonds. The lowest BCUT2D eigenvalue weighted by atomic mass is 10.2. The fourth-order valence-electron chi connectivity index (χ4n) is 5.37. The molecule has 0 unspecified atom stereocenters. The number of hydrogen-bond donors (Lipinski definition) is 1. The summed E-state index contributed by atoms with van der Waals surface area (Å²) in [6.07, 6.45) is 0. The molecule has 0 saturated heterocycles. The van der Waals surface area contributed by atoms with Gasteiger partial charge < -0.3 is 20.1 Å². The van der Waals surface area contributed by atoms with Gasteiger partial charge in [0.25, 0.3) is 0 Å². The molecule has 57 heavy (non-hydrogen) atoms. The Kier molecular flexibility index (Phi) is 16.4. The van der Waals surface area contributed by atoms with Crippen molar-refractivity contribution in [2.24, 2.45) is 0 Å². The molecule has 0 bridgehead atoms. The monoisotopic (exact) mass is 784 g/mol. The van der Waals surface area contributed by atoms with E-state index in [9.17, 15) is 19.8 Å². The van der Waals surface area contributed by atoms with Crippen LogP contribution >= 0.6 is 0 Å². The van der Waals surface area contributed by atoms with Gasteiger partial charge in [0.05, 0.1) is 33.3 Å². The third-order valence-corrected chi connectivity index (χ3v) is 12.5. The Balaban J connectivity index is 0.000000153. The van der Waals surface area contributed by atoms with Gasteiger partial charge in [-0.25, -0.2) is 4.79 Å². The van der Waals surface area contributed by atoms with Crippen LogP contribution in [0.25, 0.3) is 0 Å². The van der Waals surface area contributed by atoms with Gasteiger partial charge in [-0.3, -0.25) is 0 Å². The van der Waals surface area contributed by atoms with Gasteiger partial charge in [0.1, 0.15) is 0 Å². The zero-order valence-electron chi connectivity index (χ0n) is 30.9. The van der Waals surface area contributed by atoms with Crippen LogP contribution in [0.15, 0.2) is 266 Å². The zero-order valence-corrected chi connectivity index (χ0v) is 32.5. The maximum Gasteiger partial charge on any atom is 0.335 e. The highest BCUT2D eigenvalue weighted by Gasteiger charge is 2.28. The highest BCUT2D eigenvalue weighted by atomic mass is 32.2. The Morgan fingerprint density at radius 3 is 0.772 bits per heavy atom. The molecule has 8 rings (SSSR count). The predicted molar refractivity (Wildman–Crippen MR) is 227 cm³/mol. The number of carboxylic acids is 2. The number of carbonyl (C=O) groups excluding carboxylic acids is 1. The van der Waals surface area contributed by atoms with Crippen molar-refractivity contribution in [2.75, 3.05) is 0 Å². The maximum absolute atomic E-state index is 10.7. The number of para-hydroxylation sites is 1. The molecule has 0 aliphatic carbocycles. The third kappa shape index (κ3) is 12.9. The van der Waals surface area contributed by atoms with E-state index >= 15 is 0 Å². The van der Waals surface area contributed by atoms with Gasteiger partial charge in [-0.15, -0.1) is 0 Å². The molecule has 0 spiro atoms. The van der Waals surface area contributed by atoms with Crippen LogP contribution in [0.5, 0.6) is 5.75 Å². The molecule has 0 heterocycles. The number of carboxylic acid groups (broad SMARTS) is 2. The predicted octanol–water partition coefficient (Wildman–Crippen LogP) is 10.1. The van der Waals surface area contributed by atoms with Crippen molar-refractivity contribution in [3.63, 3.8) is 0 Å². The minimum Gasteiger partial charge on any atom is -0.872 e. The van der Waals surface area contributed by atoms with Crippen LogP contribution in [0.3, 0.4) is 0 Å². The second-order valence-corrected chi connectivity index (χ2v) is 16.0. The molecule has 0 atom stereocenters. The zero-order chi connectivity index (χ0) is 40.1. The van der Waals surface area contributed by atoms with E-state index in [1.807, 2.05) is 0 Å². The summed E-state index contributed by atoms with van der Waals surface area (Å²) < 4.78 is 0. The molecule has 282 valence electrons. The molecule has 1 N–H and O–H groups in total. The second-order valence-electron chi connectivity index (χ2n) is 11.9. The van der Waals surface area contributed by atoms with Crippen LogP contribution in [0, 0.1) is 0 Å². The highest BCUT2D eigenvalue weighted by Crippen LogP contribution is 2.31. The first-order valence-electron chi connectivity index (χ1n) is 18.0. The van der Waals surface area contributed by atoms with Crippen molar-refractivity contribution in [3.05, 3.63) is 248 Å². The van der Waals surface area contributed by atoms with Crippen LogP contribution in [0.4, 0.5) is 0 Å². The average Bonchev–Trinajstić information content (AvgIpc) is 3.27. The van der Waals surface area contributed by atoms with Crippen LogP contribution in [-0.4, -0.2) is 17.0 Å². The summed E-state index contributed by atoms with van der Waals surface area (Å²) in [6, 6.07) is 77.9. The highest BCUT2D eigenvalue weighted by molar-refractivity contribution is 7.97. The van der Waals surface area contributed by atoms with Crippen LogP contribution in [0.1, 0.15) is 20.7 Å². The Morgan fingerprint density at radius 1 is 0.351 bits per heavy atom. The van der Waals surface area contributed by atoms with Crippen molar-refractivity contribution in [1.29, 1.82) is 0 Å². The lowest BCUT2D eigenvalue weighted by molar-refractivity contribution is -0.268. The number of carbonyl (C=O) groups is 2. The Hall–Kier alpha value is -6.80. The number of rotatable bonds is 8. The fraction of sp³-hybridized carbons (Fsp3) is 0. The number of benzene rings is 8. The SMILES string of the molecule is O=C(O)c1ccccc1[O-].O=C([O-])c1ccccc1.c1ccc([S+](c2ccccc2)c2ccccc2)cc1.c1ccc([S+](c2ccccc2)c2ccccc2)cc1. The van der Waals surface area contributed by atoms with Gasteiger partial charge >= 0.3 is 5.97 Å². The van der Waals surface area contributed by atoms with E-state index in [2.05, 4.69) is 182 Å². The van der Waals surface area contributed by atoms with Crippen molar-refractivity contribution in [3.8, 4) is 5.75 Å². The molecule has 0 radical (unpaired) electrons. The van der Waals surface area contributed by atoms with Crippen molar-refractivity contribution in [2.45, 2.75) is 29.4 Å². The average molecular weight is 785 g/mol. The number of hydrogen-bond acceptors (Lipinski definition) is 4. The largest absolute Gasteiger partial charge is 0.872 e. The summed E-state index contributed by atoms with van der Waals surface area (Å²) in [7, 11) is -0.0293. The van der Waals surface area contributed by atoms with Gasteiger partial charge in [-0.05, 0) is 84.4 Å². The Labute approximate surface area is 339 Å². The molecule has 0 saturated carbocycles. The molecular weight excluding hydrogens is 745 g/mol. The van der Waals surface area contributed by atoms with E-state index in [0.717, 1.165) is 0 Å². The van der Waals surface area contributed by atoms with E-state index in [1.54, 1.807) is 18.2 Å². The molecule has 0 aliphatic heterocycles. The summed E-state index contributed by atoms with van der Waals surface area (Å²) in [5.41, 5.74) is 0.0417. The molecule has 8 aromatic rings. The lowest BCUT2D eigenvalue weighted by Crippen LogP contribution is -2.21. The Morgan fingerprint density at radius 2 is 0.579 bits per heavy atom. The molecule has 7 heteroatoms. The van der Waals surface area contributed by atoms with Crippen molar-refractivity contribution in [1.82, 2.24) is 0 Å². The molecule has 0 aliphatic rings. The van der Waals surface area contributed by atoms with Crippen LogP contribution in [0.2, 0.25) is 0 Å². The van der Waals surface area contributed by atoms with Gasteiger partial charge in [0.2, 0.25) is 0 Å². The van der Waals surface area contributed by atoms with Gasteiger partial charge in [-0.1, -0.05) is 163 Å². The van der Waals surface area contributed by atoms with E-state index in [1.165, 1.54) is 65.8 Å². The quantitative estimate of drug-likeness (QED) is 0.155. The normalized spacial score (nSPS) is 10.1. The van der Waals surface area contributed by atoms with Gasteiger partial charge in [0, 0.05) is 0 Å². The standard InChI is InChI=1S/2C18H15S.C7H6O3.C7H6O2/c2*1-4-10-16(11-5-1)19(17-12-6-2-7-13-17)18-14-8-3-9-15-18;8-6-4-2-1-3-5(6)7(9)10;8-7(9)6-4-2-1-3-5-6/h2*1-15H;1-4,8H,(H,9,10);1-5H,(H,8,9)/q2*+1;;/p-2. The first kappa shape index (κ1) is 41.4. The molecule has 0 aromatic heterocycles. The summed E-state index contributed by atoms with van der Waals surface area (Å²) in [4.78, 5) is 28.5. The first-order valence-corrected chi connectivity index (χ1v) is 20.4. The summed E-state index contributed by atoms with van der Waals surface area (Å²) >= 11 is 0. The summed E-state index contributed by atoms with van der Waals surface area (Å²) in [5.74, 6) is -2.75. The Bertz CT molecular complexity index is 2040. The number of aromatic carboxylic acids is 2. The topological polar surface area (TPSA) is 100 Å². The van der Waals surface area contributed by atoms with E-state index in [0.29, 0.717) is 0 Å². The van der Waals surface area contributed by atoms with E-state index in [-0.39, 0.29) is 32.9 Å². The van der Waals surface area contributed by atoms with Crippen LogP contribution in [-0.2, 0) is 21.8 Å². The van der Waals surface area contributed by atoms with Crippen LogP contribution < -0.4 is 10.2 Å². The molecular formula is C50H40O5S2. The van der Waals surface area contributed by atoms with Crippen molar-refractivity contribution < 1.29 is 24.9 Å². The third-order valence-electron chi connectivity index (χ3n) is 8.00. The molecule has 0 fully saturated rings. The minimum absolute atomic E-state index is 0.0146.